The zero-order valence-electron chi connectivity index (χ0n) is 13.9. The van der Waals surface area contributed by atoms with Crippen LogP contribution in [0.1, 0.15) is 0 Å². The molecule has 3 heterocycles. The van der Waals surface area contributed by atoms with Crippen LogP contribution in [-0.4, -0.2) is 9.55 Å². The zero-order chi connectivity index (χ0) is 17.1. The van der Waals surface area contributed by atoms with E-state index in [9.17, 15) is 0 Å². The minimum atomic E-state index is 0.677. The first kappa shape index (κ1) is 13.7. The van der Waals surface area contributed by atoms with E-state index in [0.717, 1.165) is 22.0 Å². The molecule has 0 aliphatic carbocycles. The molecule has 0 bridgehead atoms. The van der Waals surface area contributed by atoms with Gasteiger partial charge in [0.1, 0.15) is 0 Å². The fourth-order valence-electron chi connectivity index (χ4n) is 3.98. The van der Waals surface area contributed by atoms with Crippen LogP contribution in [0.2, 0.25) is 0 Å². The van der Waals surface area contributed by atoms with Crippen molar-refractivity contribution >= 4 is 43.9 Å². The van der Waals surface area contributed by atoms with Gasteiger partial charge in [0, 0.05) is 27.7 Å². The number of furan rings is 1. The third-order valence-electron chi connectivity index (χ3n) is 5.08. The van der Waals surface area contributed by atoms with Crippen molar-refractivity contribution in [3.63, 3.8) is 0 Å². The van der Waals surface area contributed by atoms with Gasteiger partial charge in [0.15, 0.2) is 5.58 Å². The first-order valence-corrected chi connectivity index (χ1v) is 8.66. The van der Waals surface area contributed by atoms with Gasteiger partial charge in [-0.15, -0.1) is 0 Å². The van der Waals surface area contributed by atoms with E-state index >= 15 is 0 Å². The number of para-hydroxylation sites is 3. The average Bonchev–Trinajstić information content (AvgIpc) is 3.24. The molecule has 122 valence electrons. The van der Waals surface area contributed by atoms with Gasteiger partial charge in [-0.25, -0.2) is 4.98 Å². The van der Waals surface area contributed by atoms with Gasteiger partial charge >= 0.3 is 0 Å². The fourth-order valence-corrected chi connectivity index (χ4v) is 3.98. The van der Waals surface area contributed by atoms with Crippen LogP contribution in [0, 0.1) is 0 Å². The Morgan fingerprint density at radius 3 is 2.04 bits per heavy atom. The standard InChI is InChI=1S/C23H14N2O/c1-3-11-19-15(7-1)16-8-2-4-12-20(16)25(19)21-13-5-9-17-18-10-6-14-24-23(18)26-22(17)21/h1-14H. The molecule has 0 N–H and O–H groups in total. The number of hydrogen-bond donors (Lipinski definition) is 0. The van der Waals surface area contributed by atoms with E-state index in [1.807, 2.05) is 6.07 Å². The summed E-state index contributed by atoms with van der Waals surface area (Å²) in [5.74, 6) is 0. The number of nitrogens with zero attached hydrogens (tertiary/aromatic N) is 2. The number of benzene rings is 3. The van der Waals surface area contributed by atoms with Crippen LogP contribution < -0.4 is 0 Å². The Morgan fingerprint density at radius 2 is 1.27 bits per heavy atom. The molecule has 3 aromatic heterocycles. The number of pyridine rings is 1. The lowest BCUT2D eigenvalue weighted by molar-refractivity contribution is 0.652. The highest BCUT2D eigenvalue weighted by atomic mass is 16.3. The molecule has 26 heavy (non-hydrogen) atoms. The number of aromatic nitrogens is 2. The summed E-state index contributed by atoms with van der Waals surface area (Å²) in [6.07, 6.45) is 1.77. The largest absolute Gasteiger partial charge is 0.435 e. The van der Waals surface area contributed by atoms with E-state index in [1.165, 1.54) is 21.8 Å². The van der Waals surface area contributed by atoms with Crippen molar-refractivity contribution in [2.75, 3.05) is 0 Å². The lowest BCUT2D eigenvalue weighted by Gasteiger charge is -2.08. The summed E-state index contributed by atoms with van der Waals surface area (Å²) in [6, 6.07) is 27.3. The summed E-state index contributed by atoms with van der Waals surface area (Å²) < 4.78 is 8.46. The van der Waals surface area contributed by atoms with Gasteiger partial charge in [0.2, 0.25) is 5.71 Å². The van der Waals surface area contributed by atoms with Crippen LogP contribution in [-0.2, 0) is 0 Å². The monoisotopic (exact) mass is 334 g/mol. The van der Waals surface area contributed by atoms with Gasteiger partial charge in [-0.2, -0.15) is 0 Å². The number of hydrogen-bond acceptors (Lipinski definition) is 2. The first-order valence-electron chi connectivity index (χ1n) is 8.66. The van der Waals surface area contributed by atoms with Crippen molar-refractivity contribution < 1.29 is 4.42 Å². The summed E-state index contributed by atoms with van der Waals surface area (Å²) >= 11 is 0. The van der Waals surface area contributed by atoms with Gasteiger partial charge in [-0.1, -0.05) is 48.5 Å². The number of rotatable bonds is 1. The van der Waals surface area contributed by atoms with Crippen LogP contribution in [0.5, 0.6) is 0 Å². The predicted molar refractivity (Wildman–Crippen MR) is 106 cm³/mol. The van der Waals surface area contributed by atoms with E-state index in [2.05, 4.69) is 82.3 Å². The number of fused-ring (bicyclic) bond motifs is 6. The molecule has 3 heteroatoms. The van der Waals surface area contributed by atoms with Crippen LogP contribution in [0.4, 0.5) is 0 Å². The second-order valence-electron chi connectivity index (χ2n) is 6.48. The highest BCUT2D eigenvalue weighted by molar-refractivity contribution is 6.12. The average molecular weight is 334 g/mol. The predicted octanol–water partition coefficient (Wildman–Crippen LogP) is 6.08. The van der Waals surface area contributed by atoms with Gasteiger partial charge in [-0.05, 0) is 30.3 Å². The summed E-state index contributed by atoms with van der Waals surface area (Å²) in [5.41, 5.74) is 4.94. The Bertz CT molecular complexity index is 1390. The molecule has 0 unspecified atom stereocenters. The highest BCUT2D eigenvalue weighted by Crippen LogP contribution is 2.37. The quantitative estimate of drug-likeness (QED) is 0.365. The van der Waals surface area contributed by atoms with Crippen LogP contribution in [0.15, 0.2) is 89.5 Å². The molecule has 3 nitrogen and oxygen atoms in total. The molecule has 6 rings (SSSR count). The molecule has 0 saturated heterocycles. The Hall–Kier alpha value is -3.59. The molecule has 0 fully saturated rings. The minimum absolute atomic E-state index is 0.677. The second-order valence-corrected chi connectivity index (χ2v) is 6.48. The molecule has 0 saturated carbocycles. The lowest BCUT2D eigenvalue weighted by Crippen LogP contribution is -1.93. The van der Waals surface area contributed by atoms with E-state index in [1.54, 1.807) is 6.20 Å². The second kappa shape index (κ2) is 4.96. The molecule has 0 radical (unpaired) electrons. The maximum absolute atomic E-state index is 6.17. The molecular weight excluding hydrogens is 320 g/mol. The van der Waals surface area contributed by atoms with Crippen LogP contribution in [0.25, 0.3) is 49.6 Å². The summed E-state index contributed by atoms with van der Waals surface area (Å²) in [4.78, 5) is 4.39. The van der Waals surface area contributed by atoms with Gasteiger partial charge in [-0.3, -0.25) is 0 Å². The summed E-state index contributed by atoms with van der Waals surface area (Å²) in [7, 11) is 0. The molecule has 0 atom stereocenters. The maximum Gasteiger partial charge on any atom is 0.227 e. The summed E-state index contributed by atoms with van der Waals surface area (Å²) in [5, 5.41) is 4.63. The highest BCUT2D eigenvalue weighted by Gasteiger charge is 2.16. The first-order chi connectivity index (χ1) is 12.9. The van der Waals surface area contributed by atoms with Crippen molar-refractivity contribution in [1.29, 1.82) is 0 Å². The van der Waals surface area contributed by atoms with E-state index in [-0.39, 0.29) is 0 Å². The molecular formula is C23H14N2O. The van der Waals surface area contributed by atoms with Crippen LogP contribution >= 0.6 is 0 Å². The van der Waals surface area contributed by atoms with Crippen molar-refractivity contribution in [3.8, 4) is 5.69 Å². The fraction of sp³-hybridized carbons (Fsp3) is 0. The Morgan fingerprint density at radius 1 is 0.615 bits per heavy atom. The van der Waals surface area contributed by atoms with Crippen LogP contribution in [0.3, 0.4) is 0 Å². The lowest BCUT2D eigenvalue weighted by atomic mass is 10.1. The topological polar surface area (TPSA) is 31.0 Å². The maximum atomic E-state index is 6.17. The Balaban J connectivity index is 1.84. The summed E-state index contributed by atoms with van der Waals surface area (Å²) in [6.45, 7) is 0. The van der Waals surface area contributed by atoms with E-state index in [0.29, 0.717) is 5.71 Å². The Labute approximate surface area is 149 Å². The smallest absolute Gasteiger partial charge is 0.227 e. The SMILES string of the molecule is c1cnc2oc3c(-n4c5ccccc5c5ccccc54)cccc3c2c1. The Kier molecular flexibility index (Phi) is 2.61. The van der Waals surface area contributed by atoms with E-state index in [4.69, 9.17) is 4.42 Å². The van der Waals surface area contributed by atoms with Crippen molar-refractivity contribution in [1.82, 2.24) is 9.55 Å². The minimum Gasteiger partial charge on any atom is -0.435 e. The third kappa shape index (κ3) is 1.69. The molecule has 0 aliphatic rings. The van der Waals surface area contributed by atoms with Gasteiger partial charge in [0.25, 0.3) is 0 Å². The van der Waals surface area contributed by atoms with Gasteiger partial charge in [0.05, 0.1) is 16.7 Å². The van der Waals surface area contributed by atoms with E-state index < -0.39 is 0 Å². The van der Waals surface area contributed by atoms with Crippen molar-refractivity contribution in [2.45, 2.75) is 0 Å². The molecule has 0 amide bonds. The molecule has 0 aliphatic heterocycles. The normalized spacial score (nSPS) is 11.8. The van der Waals surface area contributed by atoms with Crippen molar-refractivity contribution in [2.24, 2.45) is 0 Å². The molecule has 0 spiro atoms. The molecule has 3 aromatic carbocycles. The molecule has 6 aromatic rings. The van der Waals surface area contributed by atoms with Gasteiger partial charge < -0.3 is 8.98 Å². The zero-order valence-corrected chi connectivity index (χ0v) is 13.9. The third-order valence-corrected chi connectivity index (χ3v) is 5.08. The van der Waals surface area contributed by atoms with Crippen molar-refractivity contribution in [3.05, 3.63) is 85.1 Å².